The highest BCUT2D eigenvalue weighted by molar-refractivity contribution is 9.10. The molecule has 0 fully saturated rings. The summed E-state index contributed by atoms with van der Waals surface area (Å²) in [4.78, 5) is 26.8. The van der Waals surface area contributed by atoms with Gasteiger partial charge in [-0.2, -0.15) is 0 Å². The van der Waals surface area contributed by atoms with E-state index in [0.717, 1.165) is 9.88 Å². The standard InChI is InChI=1S/C14H11BrN2O4S/c15-9-2-1-8-5-11(14(19)17-12(8)6-9)13(18)16-10-3-4-22(20,21)7-10/h1-6,10H,7H2,(H,16,18)(H,17,19)/t10-/m1/s1. The second kappa shape index (κ2) is 5.36. The summed E-state index contributed by atoms with van der Waals surface area (Å²) in [6.45, 7) is 0. The number of fused-ring (bicyclic) bond motifs is 1. The first kappa shape index (κ1) is 15.0. The van der Waals surface area contributed by atoms with E-state index < -0.39 is 27.3 Å². The smallest absolute Gasteiger partial charge is 0.261 e. The molecule has 2 heterocycles. The Morgan fingerprint density at radius 3 is 2.77 bits per heavy atom. The topological polar surface area (TPSA) is 96.1 Å². The van der Waals surface area contributed by atoms with Gasteiger partial charge in [0.25, 0.3) is 11.5 Å². The zero-order valence-corrected chi connectivity index (χ0v) is 13.6. The van der Waals surface area contributed by atoms with Crippen LogP contribution in [-0.4, -0.2) is 31.1 Å². The number of carbonyl (C=O) groups excluding carboxylic acids is 1. The van der Waals surface area contributed by atoms with Crippen molar-refractivity contribution in [3.05, 3.63) is 56.1 Å². The lowest BCUT2D eigenvalue weighted by Gasteiger charge is -2.10. The molecule has 0 spiro atoms. The number of sulfone groups is 1. The first-order valence-corrected chi connectivity index (χ1v) is 8.89. The molecule has 0 aliphatic carbocycles. The van der Waals surface area contributed by atoms with Gasteiger partial charge in [0.05, 0.1) is 11.8 Å². The molecule has 1 amide bonds. The van der Waals surface area contributed by atoms with Crippen molar-refractivity contribution in [3.8, 4) is 0 Å². The first-order chi connectivity index (χ1) is 10.3. The quantitative estimate of drug-likeness (QED) is 0.818. The van der Waals surface area contributed by atoms with Crippen LogP contribution in [0.1, 0.15) is 10.4 Å². The Morgan fingerprint density at radius 1 is 1.32 bits per heavy atom. The van der Waals surface area contributed by atoms with Crippen molar-refractivity contribution in [1.29, 1.82) is 0 Å². The highest BCUT2D eigenvalue weighted by Crippen LogP contribution is 2.17. The molecule has 8 heteroatoms. The Kier molecular flexibility index (Phi) is 3.65. The molecule has 114 valence electrons. The fourth-order valence-corrected chi connectivity index (χ4v) is 3.85. The van der Waals surface area contributed by atoms with Gasteiger partial charge in [-0.05, 0) is 29.7 Å². The molecule has 1 aromatic carbocycles. The highest BCUT2D eigenvalue weighted by atomic mass is 79.9. The zero-order valence-electron chi connectivity index (χ0n) is 11.2. The molecular weight excluding hydrogens is 372 g/mol. The summed E-state index contributed by atoms with van der Waals surface area (Å²) in [7, 11) is -3.26. The Balaban J connectivity index is 1.91. The summed E-state index contributed by atoms with van der Waals surface area (Å²) in [6, 6.07) is 6.19. The molecule has 0 saturated carbocycles. The minimum atomic E-state index is -3.26. The fourth-order valence-electron chi connectivity index (χ4n) is 2.25. The number of H-pyrrole nitrogens is 1. The van der Waals surface area contributed by atoms with Gasteiger partial charge >= 0.3 is 0 Å². The van der Waals surface area contributed by atoms with Crippen LogP contribution in [0.3, 0.4) is 0 Å². The van der Waals surface area contributed by atoms with Crippen molar-refractivity contribution < 1.29 is 13.2 Å². The predicted molar refractivity (Wildman–Crippen MR) is 86.4 cm³/mol. The number of aromatic amines is 1. The maximum Gasteiger partial charge on any atom is 0.261 e. The molecular formula is C14H11BrN2O4S. The number of benzene rings is 1. The number of amides is 1. The van der Waals surface area contributed by atoms with E-state index in [2.05, 4.69) is 26.2 Å². The number of hydrogen-bond acceptors (Lipinski definition) is 4. The molecule has 0 bridgehead atoms. The number of hydrogen-bond donors (Lipinski definition) is 2. The van der Waals surface area contributed by atoms with Gasteiger partial charge in [-0.15, -0.1) is 0 Å². The third kappa shape index (κ3) is 2.97. The van der Waals surface area contributed by atoms with Gasteiger partial charge in [0.15, 0.2) is 9.84 Å². The summed E-state index contributed by atoms with van der Waals surface area (Å²) in [5.74, 6) is -0.783. The van der Waals surface area contributed by atoms with E-state index in [-0.39, 0.29) is 11.3 Å². The Hall–Kier alpha value is -1.93. The number of aromatic nitrogens is 1. The largest absolute Gasteiger partial charge is 0.345 e. The monoisotopic (exact) mass is 382 g/mol. The average molecular weight is 383 g/mol. The van der Waals surface area contributed by atoms with Crippen LogP contribution in [0.15, 0.2) is 45.0 Å². The summed E-state index contributed by atoms with van der Waals surface area (Å²) in [5.41, 5.74) is 0.0414. The molecule has 1 aromatic heterocycles. The molecule has 0 radical (unpaired) electrons. The van der Waals surface area contributed by atoms with Crippen molar-refractivity contribution >= 4 is 42.6 Å². The van der Waals surface area contributed by atoms with Crippen LogP contribution in [0, 0.1) is 0 Å². The molecule has 3 rings (SSSR count). The van der Waals surface area contributed by atoms with Gasteiger partial charge in [-0.25, -0.2) is 8.42 Å². The number of nitrogens with one attached hydrogen (secondary N) is 2. The average Bonchev–Trinajstić information content (AvgIpc) is 2.76. The maximum atomic E-state index is 12.2. The van der Waals surface area contributed by atoms with Gasteiger partial charge in [0.2, 0.25) is 0 Å². The van der Waals surface area contributed by atoms with Crippen molar-refractivity contribution in [1.82, 2.24) is 10.3 Å². The SMILES string of the molecule is O=C(N[C@@H]1C=CS(=O)(=O)C1)c1cc2ccc(Br)cc2[nH]c1=O. The van der Waals surface area contributed by atoms with E-state index in [4.69, 9.17) is 0 Å². The number of rotatable bonds is 2. The van der Waals surface area contributed by atoms with E-state index >= 15 is 0 Å². The zero-order chi connectivity index (χ0) is 15.9. The van der Waals surface area contributed by atoms with Gasteiger partial charge in [0.1, 0.15) is 5.56 Å². The molecule has 2 N–H and O–H groups in total. The maximum absolute atomic E-state index is 12.2. The normalized spacial score (nSPS) is 19.4. The lowest BCUT2D eigenvalue weighted by molar-refractivity contribution is 0.0946. The van der Waals surface area contributed by atoms with Crippen LogP contribution in [-0.2, 0) is 9.84 Å². The molecule has 22 heavy (non-hydrogen) atoms. The third-order valence-electron chi connectivity index (χ3n) is 3.30. The van der Waals surface area contributed by atoms with Gasteiger partial charge in [-0.3, -0.25) is 9.59 Å². The lowest BCUT2D eigenvalue weighted by Crippen LogP contribution is -2.38. The molecule has 1 atom stereocenters. The number of pyridine rings is 1. The molecule has 1 aliphatic heterocycles. The summed E-state index contributed by atoms with van der Waals surface area (Å²) in [5, 5.41) is 4.31. The second-order valence-electron chi connectivity index (χ2n) is 4.98. The lowest BCUT2D eigenvalue weighted by atomic mass is 10.1. The van der Waals surface area contributed by atoms with E-state index in [1.165, 1.54) is 12.1 Å². The minimum Gasteiger partial charge on any atom is -0.345 e. The van der Waals surface area contributed by atoms with Crippen LogP contribution in [0.25, 0.3) is 10.9 Å². The van der Waals surface area contributed by atoms with Crippen LogP contribution in [0.2, 0.25) is 0 Å². The van der Waals surface area contributed by atoms with E-state index in [0.29, 0.717) is 10.9 Å². The first-order valence-electron chi connectivity index (χ1n) is 6.38. The number of carbonyl (C=O) groups is 1. The van der Waals surface area contributed by atoms with Crippen LogP contribution < -0.4 is 10.9 Å². The van der Waals surface area contributed by atoms with Gasteiger partial charge < -0.3 is 10.3 Å². The van der Waals surface area contributed by atoms with E-state index in [9.17, 15) is 18.0 Å². The van der Waals surface area contributed by atoms with Crippen molar-refractivity contribution in [2.24, 2.45) is 0 Å². The van der Waals surface area contributed by atoms with Crippen molar-refractivity contribution in [2.75, 3.05) is 5.75 Å². The molecule has 2 aromatic rings. The number of halogens is 1. The Morgan fingerprint density at radius 2 is 2.09 bits per heavy atom. The van der Waals surface area contributed by atoms with Gasteiger partial charge in [0, 0.05) is 15.4 Å². The summed E-state index contributed by atoms with van der Waals surface area (Å²) < 4.78 is 23.5. The Bertz CT molecular complexity index is 962. The fraction of sp³-hybridized carbons (Fsp3) is 0.143. The van der Waals surface area contributed by atoms with Crippen LogP contribution in [0.5, 0.6) is 0 Å². The third-order valence-corrected chi connectivity index (χ3v) is 5.19. The van der Waals surface area contributed by atoms with Crippen molar-refractivity contribution in [3.63, 3.8) is 0 Å². The molecule has 6 nitrogen and oxygen atoms in total. The highest BCUT2D eigenvalue weighted by Gasteiger charge is 2.24. The summed E-state index contributed by atoms with van der Waals surface area (Å²) in [6.07, 6.45) is 1.40. The predicted octanol–water partition coefficient (Wildman–Crippen LogP) is 1.33. The molecule has 0 unspecified atom stereocenters. The van der Waals surface area contributed by atoms with E-state index in [1.807, 2.05) is 0 Å². The Labute approximate surface area is 134 Å². The van der Waals surface area contributed by atoms with E-state index in [1.54, 1.807) is 18.2 Å². The minimum absolute atomic E-state index is 0.0486. The second-order valence-corrected chi connectivity index (χ2v) is 7.83. The molecule has 0 saturated heterocycles. The van der Waals surface area contributed by atoms with Crippen LogP contribution >= 0.6 is 15.9 Å². The van der Waals surface area contributed by atoms with Crippen molar-refractivity contribution in [2.45, 2.75) is 6.04 Å². The molecule has 1 aliphatic rings. The van der Waals surface area contributed by atoms with Gasteiger partial charge in [-0.1, -0.05) is 22.0 Å². The summed E-state index contributed by atoms with van der Waals surface area (Å²) >= 11 is 3.31. The van der Waals surface area contributed by atoms with Crippen LogP contribution in [0.4, 0.5) is 0 Å².